The smallest absolute Gasteiger partial charge is 0.253 e. The van der Waals surface area contributed by atoms with Gasteiger partial charge in [0.1, 0.15) is 11.6 Å². The molecule has 3 rings (SSSR count). The molecule has 0 spiro atoms. The fraction of sp³-hybridized carbons (Fsp3) is 0.500. The van der Waals surface area contributed by atoms with Crippen molar-refractivity contribution < 1.29 is 9.59 Å². The predicted octanol–water partition coefficient (Wildman–Crippen LogP) is 2.43. The summed E-state index contributed by atoms with van der Waals surface area (Å²) in [6, 6.07) is 7.35. The number of nitrogens with zero attached hydrogens (tertiary/aromatic N) is 1. The minimum Gasteiger partial charge on any atom is -0.340 e. The third-order valence-electron chi connectivity index (χ3n) is 4.54. The summed E-state index contributed by atoms with van der Waals surface area (Å²) in [7, 11) is 0. The van der Waals surface area contributed by atoms with Crippen molar-refractivity contribution in [1.29, 1.82) is 0 Å². The highest BCUT2D eigenvalue weighted by Crippen LogP contribution is 2.43. The number of thioether (sulfide) groups is 1. The van der Waals surface area contributed by atoms with E-state index in [1.54, 1.807) is 23.6 Å². The molecule has 1 saturated heterocycles. The van der Waals surface area contributed by atoms with Crippen LogP contribution in [0.25, 0.3) is 0 Å². The highest BCUT2D eigenvalue weighted by Gasteiger charge is 2.54. The molecular formula is C16H20N2O2S. The summed E-state index contributed by atoms with van der Waals surface area (Å²) >= 11 is 1.63. The summed E-state index contributed by atoms with van der Waals surface area (Å²) < 4.78 is 0. The number of hydrogen-bond donors (Lipinski definition) is 1. The number of nitrogens with one attached hydrogen (secondary N) is 1. The molecule has 1 saturated carbocycles. The van der Waals surface area contributed by atoms with Crippen molar-refractivity contribution in [2.24, 2.45) is 5.92 Å². The predicted molar refractivity (Wildman–Crippen MR) is 84.4 cm³/mol. The minimum atomic E-state index is -0.751. The van der Waals surface area contributed by atoms with Gasteiger partial charge in [-0.1, -0.05) is 6.07 Å². The van der Waals surface area contributed by atoms with Crippen LogP contribution in [0.3, 0.4) is 0 Å². The largest absolute Gasteiger partial charge is 0.340 e. The molecule has 1 aromatic rings. The van der Waals surface area contributed by atoms with Crippen molar-refractivity contribution >= 4 is 29.3 Å². The zero-order chi connectivity index (χ0) is 15.2. The first-order valence-electron chi connectivity index (χ1n) is 7.27. The van der Waals surface area contributed by atoms with E-state index >= 15 is 0 Å². The number of amides is 2. The van der Waals surface area contributed by atoms with Gasteiger partial charge >= 0.3 is 0 Å². The van der Waals surface area contributed by atoms with E-state index in [2.05, 4.69) is 5.32 Å². The fourth-order valence-electron chi connectivity index (χ4n) is 3.00. The van der Waals surface area contributed by atoms with Crippen LogP contribution in [0.15, 0.2) is 29.2 Å². The van der Waals surface area contributed by atoms with Crippen LogP contribution in [-0.2, 0) is 9.59 Å². The maximum atomic E-state index is 13.0. The zero-order valence-electron chi connectivity index (χ0n) is 12.6. The van der Waals surface area contributed by atoms with E-state index in [-0.39, 0.29) is 17.7 Å². The van der Waals surface area contributed by atoms with E-state index in [4.69, 9.17) is 0 Å². The van der Waals surface area contributed by atoms with E-state index in [0.717, 1.165) is 23.4 Å². The molecule has 21 heavy (non-hydrogen) atoms. The second-order valence-electron chi connectivity index (χ2n) is 6.02. The average Bonchev–Trinajstić information content (AvgIpc) is 3.31. The minimum absolute atomic E-state index is 0.00959. The summed E-state index contributed by atoms with van der Waals surface area (Å²) in [6.07, 6.45) is 4.02. The molecule has 1 N–H and O–H groups in total. The molecule has 1 aromatic carbocycles. The van der Waals surface area contributed by atoms with Gasteiger partial charge < -0.3 is 5.32 Å². The lowest BCUT2D eigenvalue weighted by molar-refractivity contribution is -0.138. The van der Waals surface area contributed by atoms with Crippen LogP contribution in [0.1, 0.15) is 26.7 Å². The van der Waals surface area contributed by atoms with Gasteiger partial charge in [0.25, 0.3) is 5.91 Å². The number of piperazine rings is 1. The van der Waals surface area contributed by atoms with Crippen LogP contribution in [0.2, 0.25) is 0 Å². The standard InChI is InChI=1S/C16H20N2O2S/c1-10-14(19)17-16(2,11-7-8-11)15(20)18(10)12-5-4-6-13(9-12)21-3/h4-6,9-11H,7-8H2,1-3H3,(H,17,19). The average molecular weight is 304 g/mol. The quantitative estimate of drug-likeness (QED) is 0.873. The SMILES string of the molecule is CSc1cccc(N2C(=O)C(C)(C3CC3)NC(=O)C2C)c1. The van der Waals surface area contributed by atoms with Crippen LogP contribution >= 0.6 is 11.8 Å². The van der Waals surface area contributed by atoms with Gasteiger partial charge in [0.15, 0.2) is 0 Å². The molecule has 0 bridgehead atoms. The Hall–Kier alpha value is -1.49. The fourth-order valence-corrected chi connectivity index (χ4v) is 3.45. The van der Waals surface area contributed by atoms with Gasteiger partial charge in [-0.05, 0) is 57.1 Å². The first-order valence-corrected chi connectivity index (χ1v) is 8.49. The van der Waals surface area contributed by atoms with Crippen LogP contribution in [0.5, 0.6) is 0 Å². The zero-order valence-corrected chi connectivity index (χ0v) is 13.4. The summed E-state index contributed by atoms with van der Waals surface area (Å²) in [5.41, 5.74) is 0.0555. The summed E-state index contributed by atoms with van der Waals surface area (Å²) in [4.78, 5) is 28.1. The van der Waals surface area contributed by atoms with E-state index in [0.29, 0.717) is 0 Å². The molecule has 112 valence electrons. The van der Waals surface area contributed by atoms with Gasteiger partial charge in [0, 0.05) is 10.6 Å². The van der Waals surface area contributed by atoms with E-state index < -0.39 is 11.6 Å². The Balaban J connectivity index is 2.01. The third-order valence-corrected chi connectivity index (χ3v) is 5.26. The maximum absolute atomic E-state index is 13.0. The molecule has 0 aromatic heterocycles. The first kappa shape index (κ1) is 14.4. The highest BCUT2D eigenvalue weighted by atomic mass is 32.2. The molecule has 1 aliphatic carbocycles. The molecule has 5 heteroatoms. The molecule has 2 amide bonds. The molecule has 0 radical (unpaired) electrons. The molecule has 2 unspecified atom stereocenters. The van der Waals surface area contributed by atoms with Crippen molar-refractivity contribution in [2.75, 3.05) is 11.2 Å². The van der Waals surface area contributed by atoms with Crippen molar-refractivity contribution in [3.05, 3.63) is 24.3 Å². The van der Waals surface area contributed by atoms with Crippen LogP contribution in [0, 0.1) is 5.92 Å². The van der Waals surface area contributed by atoms with Gasteiger partial charge in [0.2, 0.25) is 5.91 Å². The number of carbonyl (C=O) groups excluding carboxylic acids is 2. The first-order chi connectivity index (χ1) is 9.97. The Labute approximate surface area is 129 Å². The Kier molecular flexibility index (Phi) is 3.48. The van der Waals surface area contributed by atoms with Crippen molar-refractivity contribution in [3.8, 4) is 0 Å². The molecule has 2 atom stereocenters. The van der Waals surface area contributed by atoms with E-state index in [9.17, 15) is 9.59 Å². The second-order valence-corrected chi connectivity index (χ2v) is 6.90. The monoisotopic (exact) mass is 304 g/mol. The van der Waals surface area contributed by atoms with Gasteiger partial charge in [-0.15, -0.1) is 11.8 Å². The molecule has 1 heterocycles. The summed E-state index contributed by atoms with van der Waals surface area (Å²) in [5.74, 6) is 0.210. The van der Waals surface area contributed by atoms with Crippen molar-refractivity contribution in [1.82, 2.24) is 5.32 Å². The summed E-state index contributed by atoms with van der Waals surface area (Å²) in [5, 5.41) is 2.95. The second kappa shape index (κ2) is 5.05. The number of carbonyl (C=O) groups is 2. The van der Waals surface area contributed by atoms with Crippen molar-refractivity contribution in [3.63, 3.8) is 0 Å². The Morgan fingerprint density at radius 2 is 2.05 bits per heavy atom. The molecule has 2 fully saturated rings. The lowest BCUT2D eigenvalue weighted by atomic mass is 9.89. The van der Waals surface area contributed by atoms with Gasteiger partial charge in [-0.25, -0.2) is 0 Å². The molecule has 4 nitrogen and oxygen atoms in total. The van der Waals surface area contributed by atoms with Gasteiger partial charge in [-0.2, -0.15) is 0 Å². The number of rotatable bonds is 3. The number of hydrogen-bond acceptors (Lipinski definition) is 3. The van der Waals surface area contributed by atoms with Crippen LogP contribution in [0.4, 0.5) is 5.69 Å². The molecule has 2 aliphatic rings. The van der Waals surface area contributed by atoms with Gasteiger partial charge in [0.05, 0.1) is 0 Å². The molecular weight excluding hydrogens is 284 g/mol. The lowest BCUT2D eigenvalue weighted by Gasteiger charge is -2.43. The van der Waals surface area contributed by atoms with Crippen LogP contribution < -0.4 is 10.2 Å². The normalized spacial score (nSPS) is 29.5. The van der Waals surface area contributed by atoms with Gasteiger partial charge in [-0.3, -0.25) is 14.5 Å². The number of benzene rings is 1. The Morgan fingerprint density at radius 1 is 1.33 bits per heavy atom. The maximum Gasteiger partial charge on any atom is 0.253 e. The summed E-state index contributed by atoms with van der Waals surface area (Å²) in [6.45, 7) is 3.65. The third kappa shape index (κ3) is 2.33. The van der Waals surface area contributed by atoms with E-state index in [1.807, 2.05) is 37.4 Å². The topological polar surface area (TPSA) is 49.4 Å². The Bertz CT molecular complexity index is 600. The van der Waals surface area contributed by atoms with Crippen molar-refractivity contribution in [2.45, 2.75) is 43.2 Å². The lowest BCUT2D eigenvalue weighted by Crippen LogP contribution is -2.69. The van der Waals surface area contributed by atoms with Crippen LogP contribution in [-0.4, -0.2) is 29.7 Å². The van der Waals surface area contributed by atoms with E-state index in [1.165, 1.54) is 0 Å². The molecule has 1 aliphatic heterocycles. The number of anilines is 1. The highest BCUT2D eigenvalue weighted by molar-refractivity contribution is 7.98. The Morgan fingerprint density at radius 3 is 2.67 bits per heavy atom.